The normalized spacial score (nSPS) is 11.0. The van der Waals surface area contributed by atoms with Crippen molar-refractivity contribution in [2.24, 2.45) is 4.99 Å². The Kier molecular flexibility index (Phi) is 8.32. The third-order valence-electron chi connectivity index (χ3n) is 4.10. The summed E-state index contributed by atoms with van der Waals surface area (Å²) in [5.41, 5.74) is 4.87. The van der Waals surface area contributed by atoms with Gasteiger partial charge in [0.2, 0.25) is 0 Å². The van der Waals surface area contributed by atoms with Crippen LogP contribution in [-0.2, 0) is 19.6 Å². The van der Waals surface area contributed by atoms with E-state index in [0.717, 1.165) is 24.6 Å². The van der Waals surface area contributed by atoms with Gasteiger partial charge in [0.05, 0.1) is 12.7 Å². The minimum atomic E-state index is 0. The van der Waals surface area contributed by atoms with E-state index >= 15 is 0 Å². The van der Waals surface area contributed by atoms with Crippen LogP contribution in [0, 0.1) is 6.92 Å². The number of aliphatic imine (C=N–C) groups is 1. The molecule has 5 nitrogen and oxygen atoms in total. The molecule has 3 aromatic rings. The molecule has 0 bridgehead atoms. The predicted octanol–water partition coefficient (Wildman–Crippen LogP) is 3.72. The SMILES string of the molecule is CN=C(NCc1cccc(C)c1)NCc1cnn(Cc2ccccc2)c1.I. The Morgan fingerprint density at radius 3 is 2.37 bits per heavy atom. The van der Waals surface area contributed by atoms with E-state index < -0.39 is 0 Å². The van der Waals surface area contributed by atoms with Gasteiger partial charge in [0.1, 0.15) is 0 Å². The standard InChI is InChI=1S/C21H25N5.HI/c1-17-7-6-10-19(11-17)12-23-21(22-2)24-13-20-14-25-26(16-20)15-18-8-4-3-5-9-18;/h3-11,14,16H,12-13,15H2,1-2H3,(H2,22,23,24);1H. The first-order valence-electron chi connectivity index (χ1n) is 8.78. The van der Waals surface area contributed by atoms with Crippen molar-refractivity contribution in [3.05, 3.63) is 89.2 Å². The highest BCUT2D eigenvalue weighted by Crippen LogP contribution is 2.05. The molecule has 0 aliphatic rings. The molecule has 142 valence electrons. The Morgan fingerprint density at radius 2 is 1.67 bits per heavy atom. The highest BCUT2D eigenvalue weighted by Gasteiger charge is 2.02. The van der Waals surface area contributed by atoms with Crippen LogP contribution in [0.2, 0.25) is 0 Å². The van der Waals surface area contributed by atoms with E-state index in [1.165, 1.54) is 16.7 Å². The van der Waals surface area contributed by atoms with E-state index in [1.54, 1.807) is 7.05 Å². The van der Waals surface area contributed by atoms with Gasteiger partial charge in [-0.15, -0.1) is 24.0 Å². The van der Waals surface area contributed by atoms with Crippen molar-refractivity contribution >= 4 is 29.9 Å². The minimum absolute atomic E-state index is 0. The first-order valence-corrected chi connectivity index (χ1v) is 8.78. The smallest absolute Gasteiger partial charge is 0.191 e. The lowest BCUT2D eigenvalue weighted by molar-refractivity contribution is 0.685. The number of aromatic nitrogens is 2. The number of aryl methyl sites for hydroxylation is 1. The van der Waals surface area contributed by atoms with Gasteiger partial charge in [0, 0.05) is 31.9 Å². The minimum Gasteiger partial charge on any atom is -0.352 e. The molecule has 1 heterocycles. The Bertz CT molecular complexity index is 858. The van der Waals surface area contributed by atoms with Crippen LogP contribution in [0.1, 0.15) is 22.3 Å². The van der Waals surface area contributed by atoms with Gasteiger partial charge in [-0.05, 0) is 18.1 Å². The molecule has 27 heavy (non-hydrogen) atoms. The second-order valence-corrected chi connectivity index (χ2v) is 6.30. The zero-order valence-corrected chi connectivity index (χ0v) is 18.1. The summed E-state index contributed by atoms with van der Waals surface area (Å²) in [5, 5.41) is 11.1. The third kappa shape index (κ3) is 6.71. The molecule has 0 saturated heterocycles. The average Bonchev–Trinajstić information content (AvgIpc) is 3.10. The van der Waals surface area contributed by atoms with Gasteiger partial charge >= 0.3 is 0 Å². The molecule has 0 amide bonds. The van der Waals surface area contributed by atoms with Crippen molar-refractivity contribution < 1.29 is 0 Å². The number of halogens is 1. The highest BCUT2D eigenvalue weighted by atomic mass is 127. The number of rotatable bonds is 6. The molecule has 0 aliphatic heterocycles. The summed E-state index contributed by atoms with van der Waals surface area (Å²) in [5.74, 6) is 0.780. The average molecular weight is 475 g/mol. The fourth-order valence-corrected chi connectivity index (χ4v) is 2.77. The van der Waals surface area contributed by atoms with Crippen molar-refractivity contribution in [3.8, 4) is 0 Å². The molecule has 2 aromatic carbocycles. The lowest BCUT2D eigenvalue weighted by atomic mass is 10.1. The molecule has 2 N–H and O–H groups in total. The Morgan fingerprint density at radius 1 is 0.963 bits per heavy atom. The molecule has 0 unspecified atom stereocenters. The zero-order chi connectivity index (χ0) is 18.2. The van der Waals surface area contributed by atoms with Gasteiger partial charge in [0.15, 0.2) is 5.96 Å². The maximum absolute atomic E-state index is 4.43. The summed E-state index contributed by atoms with van der Waals surface area (Å²) in [6, 6.07) is 18.8. The van der Waals surface area contributed by atoms with Crippen molar-refractivity contribution in [2.45, 2.75) is 26.6 Å². The third-order valence-corrected chi connectivity index (χ3v) is 4.10. The molecule has 6 heteroatoms. The predicted molar refractivity (Wildman–Crippen MR) is 121 cm³/mol. The van der Waals surface area contributed by atoms with Crippen LogP contribution in [0.3, 0.4) is 0 Å². The topological polar surface area (TPSA) is 54.2 Å². The van der Waals surface area contributed by atoms with Crippen LogP contribution in [-0.4, -0.2) is 22.8 Å². The van der Waals surface area contributed by atoms with Crippen molar-refractivity contribution in [1.82, 2.24) is 20.4 Å². The number of guanidine groups is 1. The summed E-state index contributed by atoms with van der Waals surface area (Å²) >= 11 is 0. The van der Waals surface area contributed by atoms with E-state index in [0.29, 0.717) is 6.54 Å². The van der Waals surface area contributed by atoms with E-state index in [2.05, 4.69) is 70.2 Å². The molecule has 0 spiro atoms. The molecule has 0 saturated carbocycles. The second kappa shape index (κ2) is 10.7. The van der Waals surface area contributed by atoms with Gasteiger partial charge in [-0.2, -0.15) is 5.10 Å². The van der Waals surface area contributed by atoms with Gasteiger partial charge < -0.3 is 10.6 Å². The van der Waals surface area contributed by atoms with Crippen LogP contribution >= 0.6 is 24.0 Å². The number of benzene rings is 2. The Labute approximate surface area is 177 Å². The molecular weight excluding hydrogens is 449 g/mol. The van der Waals surface area contributed by atoms with E-state index in [4.69, 9.17) is 0 Å². The number of hydrogen-bond donors (Lipinski definition) is 2. The van der Waals surface area contributed by atoms with Crippen LogP contribution in [0.4, 0.5) is 0 Å². The van der Waals surface area contributed by atoms with E-state index in [-0.39, 0.29) is 24.0 Å². The van der Waals surface area contributed by atoms with Gasteiger partial charge in [-0.3, -0.25) is 9.67 Å². The van der Waals surface area contributed by atoms with Gasteiger partial charge in [-0.1, -0.05) is 60.2 Å². The van der Waals surface area contributed by atoms with Crippen molar-refractivity contribution in [3.63, 3.8) is 0 Å². The van der Waals surface area contributed by atoms with Crippen LogP contribution in [0.25, 0.3) is 0 Å². The molecule has 3 rings (SSSR count). The highest BCUT2D eigenvalue weighted by molar-refractivity contribution is 14.0. The zero-order valence-electron chi connectivity index (χ0n) is 15.7. The summed E-state index contributed by atoms with van der Waals surface area (Å²) in [7, 11) is 1.78. The fraction of sp³-hybridized carbons (Fsp3) is 0.238. The summed E-state index contributed by atoms with van der Waals surface area (Å²) < 4.78 is 1.95. The monoisotopic (exact) mass is 475 g/mol. The number of nitrogens with one attached hydrogen (secondary N) is 2. The lowest BCUT2D eigenvalue weighted by Crippen LogP contribution is -2.36. The molecule has 0 aliphatic carbocycles. The first-order chi connectivity index (χ1) is 12.7. The molecule has 0 fully saturated rings. The van der Waals surface area contributed by atoms with Crippen molar-refractivity contribution in [2.75, 3.05) is 7.05 Å². The lowest BCUT2D eigenvalue weighted by Gasteiger charge is -2.11. The van der Waals surface area contributed by atoms with Crippen molar-refractivity contribution in [1.29, 1.82) is 0 Å². The fourth-order valence-electron chi connectivity index (χ4n) is 2.77. The summed E-state index contributed by atoms with van der Waals surface area (Å²) in [6.07, 6.45) is 3.96. The first kappa shape index (κ1) is 21.0. The number of nitrogens with zero attached hydrogens (tertiary/aromatic N) is 3. The summed E-state index contributed by atoms with van der Waals surface area (Å²) in [4.78, 5) is 4.28. The maximum atomic E-state index is 4.43. The summed E-state index contributed by atoms with van der Waals surface area (Å²) in [6.45, 7) is 4.31. The molecule has 0 radical (unpaired) electrons. The maximum Gasteiger partial charge on any atom is 0.191 e. The Balaban J connectivity index is 0.00000261. The van der Waals surface area contributed by atoms with Crippen LogP contribution in [0.15, 0.2) is 72.0 Å². The molecular formula is C21H26IN5. The quantitative estimate of drug-likeness (QED) is 0.325. The number of hydrogen-bond acceptors (Lipinski definition) is 2. The van der Waals surface area contributed by atoms with E-state index in [1.807, 2.05) is 29.1 Å². The molecule has 1 aromatic heterocycles. The van der Waals surface area contributed by atoms with E-state index in [9.17, 15) is 0 Å². The Hall–Kier alpha value is -2.35. The molecule has 0 atom stereocenters. The second-order valence-electron chi connectivity index (χ2n) is 6.30. The van der Waals surface area contributed by atoms with Crippen LogP contribution in [0.5, 0.6) is 0 Å². The van der Waals surface area contributed by atoms with Gasteiger partial charge in [0.25, 0.3) is 0 Å². The van der Waals surface area contributed by atoms with Gasteiger partial charge in [-0.25, -0.2) is 0 Å². The van der Waals surface area contributed by atoms with Crippen LogP contribution < -0.4 is 10.6 Å². The largest absolute Gasteiger partial charge is 0.352 e.